The number of amides is 2. The summed E-state index contributed by atoms with van der Waals surface area (Å²) in [6.45, 7) is 12.4. The molecule has 0 bridgehead atoms. The Morgan fingerprint density at radius 1 is 0.789 bits per heavy atom. The molecule has 2 aliphatic rings. The van der Waals surface area contributed by atoms with Crippen molar-refractivity contribution in [1.29, 1.82) is 5.26 Å². The fraction of sp³-hybridized carbons (Fsp3) is 0.800. The fourth-order valence-corrected chi connectivity index (χ4v) is 3.55. The summed E-state index contributed by atoms with van der Waals surface area (Å²) in [5.74, 6) is -0.979. The van der Waals surface area contributed by atoms with Crippen LogP contribution in [0.15, 0.2) is 0 Å². The van der Waals surface area contributed by atoms with E-state index in [1.807, 2.05) is 0 Å². The average molecular weight is 546 g/mol. The lowest BCUT2D eigenvalue weighted by Gasteiger charge is -2.27. The first kappa shape index (κ1) is 34.9. The van der Waals surface area contributed by atoms with Crippen molar-refractivity contribution < 1.29 is 48.0 Å². The Morgan fingerprint density at radius 2 is 1.16 bits per heavy atom. The van der Waals surface area contributed by atoms with Crippen LogP contribution in [0.25, 0.3) is 0 Å². The SMILES string of the molecule is CC#N.COC(=O)[C@@H]1C[C@@H](O)CN1C(=O)OC(C)(C)C.COC(=O)[C@@H]1C[C@@H](OC)CN1C(=O)OC(C)(C)C. The molecule has 2 rings (SSSR count). The lowest BCUT2D eigenvalue weighted by molar-refractivity contribution is -0.146. The number of ether oxygens (including phenoxy) is 5. The lowest BCUT2D eigenvalue weighted by Crippen LogP contribution is -2.44. The number of aliphatic hydroxyl groups is 1. The first-order valence-corrected chi connectivity index (χ1v) is 12.1. The Bertz CT molecular complexity index is 844. The molecular weight excluding hydrogens is 502 g/mol. The van der Waals surface area contributed by atoms with E-state index in [0.717, 1.165) is 0 Å². The Labute approximate surface area is 224 Å². The molecular formula is C25H43N3O10. The summed E-state index contributed by atoms with van der Waals surface area (Å²) in [6, 6.07) is 0.361. The van der Waals surface area contributed by atoms with Gasteiger partial charge in [-0.1, -0.05) is 0 Å². The molecule has 0 aromatic rings. The summed E-state index contributed by atoms with van der Waals surface area (Å²) in [7, 11) is 4.10. The van der Waals surface area contributed by atoms with Crippen LogP contribution in [0.4, 0.5) is 9.59 Å². The van der Waals surface area contributed by atoms with E-state index in [4.69, 9.17) is 24.2 Å². The van der Waals surface area contributed by atoms with E-state index < -0.39 is 53.5 Å². The maximum atomic E-state index is 12.0. The second kappa shape index (κ2) is 15.3. The Kier molecular flexibility index (Phi) is 14.1. The monoisotopic (exact) mass is 545 g/mol. The van der Waals surface area contributed by atoms with Crippen molar-refractivity contribution in [3.8, 4) is 6.07 Å². The van der Waals surface area contributed by atoms with Crippen molar-refractivity contribution in [3.05, 3.63) is 0 Å². The van der Waals surface area contributed by atoms with Crippen LogP contribution in [0.5, 0.6) is 0 Å². The molecule has 0 aromatic carbocycles. The number of nitriles is 1. The van der Waals surface area contributed by atoms with Gasteiger partial charge in [0.2, 0.25) is 0 Å². The molecule has 13 nitrogen and oxygen atoms in total. The third-order valence-corrected chi connectivity index (χ3v) is 5.08. The van der Waals surface area contributed by atoms with E-state index in [-0.39, 0.29) is 19.1 Å². The quantitative estimate of drug-likeness (QED) is 0.408. The van der Waals surface area contributed by atoms with Gasteiger partial charge < -0.3 is 28.8 Å². The first-order valence-electron chi connectivity index (χ1n) is 12.1. The minimum atomic E-state index is -0.759. The third kappa shape index (κ3) is 12.0. The zero-order valence-corrected chi connectivity index (χ0v) is 24.1. The van der Waals surface area contributed by atoms with Crippen LogP contribution in [-0.2, 0) is 33.3 Å². The maximum absolute atomic E-state index is 12.0. The van der Waals surface area contributed by atoms with Gasteiger partial charge in [-0.25, -0.2) is 19.2 Å². The molecule has 0 spiro atoms. The second-order valence-corrected chi connectivity index (χ2v) is 10.5. The Morgan fingerprint density at radius 3 is 1.50 bits per heavy atom. The average Bonchev–Trinajstić information content (AvgIpc) is 3.41. The topological polar surface area (TPSA) is 165 Å². The zero-order chi connectivity index (χ0) is 29.8. The number of hydrogen-bond acceptors (Lipinski definition) is 11. The van der Waals surface area contributed by atoms with Gasteiger partial charge in [0.25, 0.3) is 0 Å². The van der Waals surface area contributed by atoms with E-state index in [0.29, 0.717) is 13.0 Å². The normalized spacial score (nSPS) is 22.6. The second-order valence-electron chi connectivity index (χ2n) is 10.5. The predicted octanol–water partition coefficient (Wildman–Crippen LogP) is 2.24. The molecule has 4 atom stereocenters. The highest BCUT2D eigenvalue weighted by molar-refractivity contribution is 5.83. The summed E-state index contributed by atoms with van der Waals surface area (Å²) < 4.78 is 24.9. The molecule has 2 amide bonds. The number of β-amino-alcohol motifs (C(OH)–C–C–N with tert-alkyl or cyclic N) is 1. The van der Waals surface area contributed by atoms with Crippen LogP contribution in [0, 0.1) is 11.3 Å². The highest BCUT2D eigenvalue weighted by atomic mass is 16.6. The Balaban J connectivity index is 0.000000654. The summed E-state index contributed by atoms with van der Waals surface area (Å²) in [5, 5.41) is 16.8. The van der Waals surface area contributed by atoms with E-state index in [1.54, 1.807) is 54.7 Å². The van der Waals surface area contributed by atoms with Crippen LogP contribution >= 0.6 is 0 Å². The molecule has 0 saturated carbocycles. The first-order chi connectivity index (χ1) is 17.4. The summed E-state index contributed by atoms with van der Waals surface area (Å²) in [6.07, 6.45) is -1.39. The molecule has 0 aromatic heterocycles. The molecule has 13 heteroatoms. The fourth-order valence-electron chi connectivity index (χ4n) is 3.55. The van der Waals surface area contributed by atoms with Crippen LogP contribution < -0.4 is 0 Å². The molecule has 0 aliphatic carbocycles. The van der Waals surface area contributed by atoms with Crippen LogP contribution in [0.1, 0.15) is 61.3 Å². The zero-order valence-electron chi connectivity index (χ0n) is 24.1. The number of hydrogen-bond donors (Lipinski definition) is 1. The third-order valence-electron chi connectivity index (χ3n) is 5.08. The van der Waals surface area contributed by atoms with E-state index >= 15 is 0 Å². The number of likely N-dealkylation sites (tertiary alicyclic amines) is 2. The molecule has 0 radical (unpaired) electrons. The van der Waals surface area contributed by atoms with Crippen LogP contribution in [0.3, 0.4) is 0 Å². The predicted molar refractivity (Wildman–Crippen MR) is 135 cm³/mol. The molecule has 2 fully saturated rings. The number of carbonyl (C=O) groups is 4. The number of rotatable bonds is 3. The summed E-state index contributed by atoms with van der Waals surface area (Å²) >= 11 is 0. The number of nitrogens with zero attached hydrogens (tertiary/aromatic N) is 3. The highest BCUT2D eigenvalue weighted by Crippen LogP contribution is 2.24. The molecule has 38 heavy (non-hydrogen) atoms. The molecule has 1 N–H and O–H groups in total. The summed E-state index contributed by atoms with van der Waals surface area (Å²) in [4.78, 5) is 49.5. The number of methoxy groups -OCH3 is 3. The number of esters is 2. The molecule has 0 unspecified atom stereocenters. The Hall–Kier alpha value is -3.11. The van der Waals surface area contributed by atoms with E-state index in [1.165, 1.54) is 30.9 Å². The van der Waals surface area contributed by atoms with Crippen molar-refractivity contribution in [2.75, 3.05) is 34.4 Å². The van der Waals surface area contributed by atoms with Gasteiger partial charge in [0.05, 0.1) is 45.6 Å². The van der Waals surface area contributed by atoms with E-state index in [9.17, 15) is 24.3 Å². The van der Waals surface area contributed by atoms with Gasteiger partial charge in [-0.2, -0.15) is 5.26 Å². The van der Waals surface area contributed by atoms with E-state index in [2.05, 4.69) is 4.74 Å². The van der Waals surface area contributed by atoms with Crippen LogP contribution in [0.2, 0.25) is 0 Å². The van der Waals surface area contributed by atoms with Crippen molar-refractivity contribution in [2.24, 2.45) is 0 Å². The lowest BCUT2D eigenvalue weighted by atomic mass is 10.2. The highest BCUT2D eigenvalue weighted by Gasteiger charge is 2.43. The van der Waals surface area contributed by atoms with Crippen molar-refractivity contribution in [3.63, 3.8) is 0 Å². The minimum absolute atomic E-state index is 0.0919. The van der Waals surface area contributed by atoms with Gasteiger partial charge in [0.15, 0.2) is 0 Å². The molecule has 2 heterocycles. The van der Waals surface area contributed by atoms with Gasteiger partial charge in [-0.3, -0.25) is 9.80 Å². The van der Waals surface area contributed by atoms with Gasteiger partial charge in [0, 0.05) is 26.9 Å². The largest absolute Gasteiger partial charge is 0.467 e. The minimum Gasteiger partial charge on any atom is -0.467 e. The summed E-state index contributed by atoms with van der Waals surface area (Å²) in [5.41, 5.74) is -1.23. The number of carbonyl (C=O) groups excluding carboxylic acids is 4. The molecule has 2 saturated heterocycles. The van der Waals surface area contributed by atoms with Gasteiger partial charge in [-0.05, 0) is 41.5 Å². The van der Waals surface area contributed by atoms with Crippen LogP contribution in [-0.4, -0.2) is 109 Å². The van der Waals surface area contributed by atoms with Crippen molar-refractivity contribution in [1.82, 2.24) is 9.80 Å². The molecule has 218 valence electrons. The van der Waals surface area contributed by atoms with Gasteiger partial charge in [-0.15, -0.1) is 0 Å². The number of aliphatic hydroxyl groups excluding tert-OH is 1. The molecule has 2 aliphatic heterocycles. The van der Waals surface area contributed by atoms with Gasteiger partial charge in [0.1, 0.15) is 23.3 Å². The van der Waals surface area contributed by atoms with Crippen molar-refractivity contribution in [2.45, 2.75) is 96.8 Å². The van der Waals surface area contributed by atoms with Crippen molar-refractivity contribution >= 4 is 24.1 Å². The van der Waals surface area contributed by atoms with Gasteiger partial charge >= 0.3 is 24.1 Å². The standard InChI is InChI=1S/C12H21NO5.C11H19NO5.C2H3N/c1-12(2,3)18-11(15)13-7-8(16-4)6-9(13)10(14)17-5;1-11(2,3)17-10(15)12-6-7(13)5-8(12)9(14)16-4;1-2-3/h8-9H,6-7H2,1-5H3;7-8,13H,5-6H2,1-4H3;1H3/t8-,9+;7-,8+;/m11./s1. The smallest absolute Gasteiger partial charge is 0.411 e. The maximum Gasteiger partial charge on any atom is 0.411 e.